The van der Waals surface area contributed by atoms with Gasteiger partial charge in [-0.1, -0.05) is 38.1 Å². The molecule has 1 unspecified atom stereocenters. The van der Waals surface area contributed by atoms with E-state index in [2.05, 4.69) is 4.98 Å². The van der Waals surface area contributed by atoms with E-state index in [4.69, 9.17) is 15.9 Å². The molecular weight excluding hydrogens is 302 g/mol. The molecule has 1 atom stereocenters. The highest BCUT2D eigenvalue weighted by Crippen LogP contribution is 2.36. The molecule has 3 rings (SSSR count). The number of aromatic nitrogens is 1. The molecule has 5 nitrogen and oxygen atoms in total. The second-order valence-corrected chi connectivity index (χ2v) is 6.19. The van der Waals surface area contributed by atoms with Crippen molar-refractivity contribution in [3.63, 3.8) is 0 Å². The number of hydrogen-bond donors (Lipinski definition) is 3. The summed E-state index contributed by atoms with van der Waals surface area (Å²) < 4.78 is 5.33. The highest BCUT2D eigenvalue weighted by Gasteiger charge is 2.36. The lowest BCUT2D eigenvalue weighted by Crippen LogP contribution is -2.38. The van der Waals surface area contributed by atoms with Gasteiger partial charge in [-0.2, -0.15) is 0 Å². The fraction of sp³-hybridized carbons (Fsp3) is 0.211. The van der Waals surface area contributed by atoms with Gasteiger partial charge in [-0.3, -0.25) is 0 Å². The van der Waals surface area contributed by atoms with Gasteiger partial charge in [0.25, 0.3) is 0 Å². The molecule has 1 aromatic heterocycles. The maximum atomic E-state index is 11.1. The van der Waals surface area contributed by atoms with E-state index in [-0.39, 0.29) is 11.6 Å². The first-order valence-electron chi connectivity index (χ1n) is 7.80. The summed E-state index contributed by atoms with van der Waals surface area (Å²) in [5, 5.41) is 13.1. The van der Waals surface area contributed by atoms with Crippen LogP contribution in [0, 0.1) is 5.92 Å². The molecule has 0 fully saturated rings. The summed E-state index contributed by atoms with van der Waals surface area (Å²) in [4.78, 5) is 3.94. The second-order valence-electron chi connectivity index (χ2n) is 6.19. The molecule has 0 spiro atoms. The molecule has 0 aliphatic heterocycles. The Balaban J connectivity index is 2.10. The van der Waals surface area contributed by atoms with E-state index in [1.807, 2.05) is 50.2 Å². The van der Waals surface area contributed by atoms with Gasteiger partial charge in [-0.05, 0) is 34.4 Å². The predicted octanol–water partition coefficient (Wildman–Crippen LogP) is 3.10. The van der Waals surface area contributed by atoms with Crippen molar-refractivity contribution >= 4 is 10.8 Å². The van der Waals surface area contributed by atoms with Crippen molar-refractivity contribution in [1.29, 1.82) is 0 Å². The zero-order valence-electron chi connectivity index (χ0n) is 13.7. The Bertz CT molecular complexity index is 885. The van der Waals surface area contributed by atoms with Crippen LogP contribution in [0.3, 0.4) is 0 Å². The molecule has 0 aliphatic rings. The lowest BCUT2D eigenvalue weighted by atomic mass is 9.80. The highest BCUT2D eigenvalue weighted by atomic mass is 16.3. The lowest BCUT2D eigenvalue weighted by molar-refractivity contribution is 0.0259. The fourth-order valence-electron chi connectivity index (χ4n) is 2.95. The van der Waals surface area contributed by atoms with Crippen molar-refractivity contribution in [1.82, 2.24) is 4.98 Å². The van der Waals surface area contributed by atoms with Crippen LogP contribution in [0.2, 0.25) is 0 Å². The van der Waals surface area contributed by atoms with Gasteiger partial charge in [0.15, 0.2) is 12.2 Å². The molecule has 0 radical (unpaired) electrons. The van der Waals surface area contributed by atoms with Gasteiger partial charge in [-0.15, -0.1) is 0 Å². The molecule has 0 aliphatic carbocycles. The van der Waals surface area contributed by atoms with E-state index in [1.165, 1.54) is 12.6 Å². The first-order chi connectivity index (χ1) is 11.5. The maximum Gasteiger partial charge on any atom is 0.181 e. The summed E-state index contributed by atoms with van der Waals surface area (Å²) >= 11 is 0. The van der Waals surface area contributed by atoms with Crippen LogP contribution in [-0.4, -0.2) is 10.1 Å². The van der Waals surface area contributed by atoms with Crippen molar-refractivity contribution in [2.75, 3.05) is 0 Å². The Labute approximate surface area is 140 Å². The highest BCUT2D eigenvalue weighted by molar-refractivity contribution is 5.87. The van der Waals surface area contributed by atoms with E-state index < -0.39 is 5.60 Å². The summed E-state index contributed by atoms with van der Waals surface area (Å²) in [7, 11) is 0. The Kier molecular flexibility index (Phi) is 4.03. The SMILES string of the molecule is CC(C)C(O)(/C(N)=C/N)c1ccc2cc(-c3cnco3)ccc2c1. The molecule has 0 amide bonds. The van der Waals surface area contributed by atoms with E-state index in [0.29, 0.717) is 0 Å². The topological polar surface area (TPSA) is 98.3 Å². The number of aliphatic hydroxyl groups is 1. The molecule has 124 valence electrons. The minimum atomic E-state index is -1.30. The molecular formula is C19H21N3O2. The van der Waals surface area contributed by atoms with E-state index in [9.17, 15) is 5.11 Å². The summed E-state index contributed by atoms with van der Waals surface area (Å²) in [6.45, 7) is 3.82. The largest absolute Gasteiger partial charge is 0.444 e. The van der Waals surface area contributed by atoms with Gasteiger partial charge in [0, 0.05) is 11.8 Å². The second kappa shape index (κ2) is 6.02. The van der Waals surface area contributed by atoms with Crippen molar-refractivity contribution in [3.8, 4) is 11.3 Å². The van der Waals surface area contributed by atoms with Crippen LogP contribution < -0.4 is 11.5 Å². The number of nitrogens with zero attached hydrogens (tertiary/aromatic N) is 1. The summed E-state index contributed by atoms with van der Waals surface area (Å²) in [5.74, 6) is 0.596. The van der Waals surface area contributed by atoms with E-state index in [0.717, 1.165) is 27.7 Å². The molecule has 5 heteroatoms. The van der Waals surface area contributed by atoms with Crippen LogP contribution in [-0.2, 0) is 5.60 Å². The van der Waals surface area contributed by atoms with Gasteiger partial charge >= 0.3 is 0 Å². The van der Waals surface area contributed by atoms with Crippen molar-refractivity contribution in [2.45, 2.75) is 19.4 Å². The Morgan fingerprint density at radius 1 is 1.21 bits per heavy atom. The molecule has 1 heterocycles. The normalized spacial score (nSPS) is 14.9. The van der Waals surface area contributed by atoms with E-state index >= 15 is 0 Å². The third kappa shape index (κ3) is 2.53. The maximum absolute atomic E-state index is 11.1. The smallest absolute Gasteiger partial charge is 0.181 e. The number of hydrogen-bond acceptors (Lipinski definition) is 5. The van der Waals surface area contributed by atoms with Crippen molar-refractivity contribution in [3.05, 3.63) is 66.4 Å². The van der Waals surface area contributed by atoms with Gasteiger partial charge in [0.1, 0.15) is 5.60 Å². The number of oxazole rings is 1. The van der Waals surface area contributed by atoms with Crippen LogP contribution in [0.1, 0.15) is 19.4 Å². The summed E-state index contributed by atoms with van der Waals surface area (Å²) in [5.41, 5.74) is 12.2. The van der Waals surface area contributed by atoms with E-state index in [1.54, 1.807) is 6.20 Å². The Morgan fingerprint density at radius 2 is 1.92 bits per heavy atom. The van der Waals surface area contributed by atoms with Crippen molar-refractivity contribution in [2.24, 2.45) is 17.4 Å². The van der Waals surface area contributed by atoms with Crippen LogP contribution in [0.4, 0.5) is 0 Å². The Morgan fingerprint density at radius 3 is 2.54 bits per heavy atom. The average molecular weight is 323 g/mol. The lowest BCUT2D eigenvalue weighted by Gasteiger charge is -2.33. The Hall–Kier alpha value is -2.79. The third-order valence-electron chi connectivity index (χ3n) is 4.45. The van der Waals surface area contributed by atoms with Crippen molar-refractivity contribution < 1.29 is 9.52 Å². The number of nitrogens with two attached hydrogens (primary N) is 2. The molecule has 0 saturated heterocycles. The number of fused-ring (bicyclic) bond motifs is 1. The number of rotatable bonds is 4. The van der Waals surface area contributed by atoms with Gasteiger partial charge in [0.05, 0.1) is 11.9 Å². The van der Waals surface area contributed by atoms with Gasteiger partial charge in [-0.25, -0.2) is 4.98 Å². The molecule has 24 heavy (non-hydrogen) atoms. The zero-order chi connectivity index (χ0) is 17.3. The van der Waals surface area contributed by atoms with Crippen LogP contribution in [0.5, 0.6) is 0 Å². The molecule has 3 aromatic rings. The molecule has 0 bridgehead atoms. The monoisotopic (exact) mass is 323 g/mol. The van der Waals surface area contributed by atoms with Gasteiger partial charge < -0.3 is 21.0 Å². The van der Waals surface area contributed by atoms with Crippen LogP contribution in [0.25, 0.3) is 22.1 Å². The third-order valence-corrected chi connectivity index (χ3v) is 4.45. The zero-order valence-corrected chi connectivity index (χ0v) is 13.7. The number of benzene rings is 2. The quantitative estimate of drug-likeness (QED) is 0.685. The van der Waals surface area contributed by atoms with Gasteiger partial charge in [0.2, 0.25) is 0 Å². The first kappa shape index (κ1) is 16.1. The summed E-state index contributed by atoms with van der Waals surface area (Å²) in [6.07, 6.45) is 4.35. The molecule has 2 aromatic carbocycles. The molecule has 5 N–H and O–H groups in total. The van der Waals surface area contributed by atoms with Crippen LogP contribution >= 0.6 is 0 Å². The minimum absolute atomic E-state index is 0.122. The van der Waals surface area contributed by atoms with Crippen LogP contribution in [0.15, 0.2) is 65.3 Å². The fourth-order valence-corrected chi connectivity index (χ4v) is 2.95. The first-order valence-corrected chi connectivity index (χ1v) is 7.80. The average Bonchev–Trinajstić information content (AvgIpc) is 3.13. The predicted molar refractivity (Wildman–Crippen MR) is 94.6 cm³/mol. The standard InChI is InChI=1S/C19H21N3O2/c1-12(2)19(23,18(21)9-20)16-6-5-13-7-15(4-3-14(13)8-16)17-10-22-11-24-17/h3-12,23H,20-21H2,1-2H3/b18-9-. The molecule has 0 saturated carbocycles. The summed E-state index contributed by atoms with van der Waals surface area (Å²) in [6, 6.07) is 11.7. The minimum Gasteiger partial charge on any atom is -0.444 e.